The number of nitrogens with one attached hydrogen (secondary N) is 2. The molecule has 2 rings (SSSR count). The Morgan fingerprint density at radius 3 is 2.94 bits per heavy atom. The first-order valence-corrected chi connectivity index (χ1v) is 4.51. The maximum Gasteiger partial charge on any atom is 0.297 e. The number of hydrogen-bond acceptors (Lipinski definition) is 5. The van der Waals surface area contributed by atoms with E-state index in [4.69, 9.17) is 0 Å². The van der Waals surface area contributed by atoms with Crippen LogP contribution in [0.5, 0.6) is 5.75 Å². The average Bonchev–Trinajstić information content (AvgIpc) is 2.77. The molecular formula is C9H9N5O2. The van der Waals surface area contributed by atoms with Crippen LogP contribution in [0, 0.1) is 6.92 Å². The van der Waals surface area contributed by atoms with E-state index in [2.05, 4.69) is 25.9 Å². The van der Waals surface area contributed by atoms with Gasteiger partial charge in [-0.3, -0.25) is 4.79 Å². The van der Waals surface area contributed by atoms with Crippen molar-refractivity contribution in [3.63, 3.8) is 0 Å². The van der Waals surface area contributed by atoms with Gasteiger partial charge in [0.25, 0.3) is 11.7 Å². The number of aromatic hydroxyl groups is 1. The van der Waals surface area contributed by atoms with Gasteiger partial charge >= 0.3 is 0 Å². The van der Waals surface area contributed by atoms with E-state index in [1.807, 2.05) is 0 Å². The smallest absolute Gasteiger partial charge is 0.297 e. The highest BCUT2D eigenvalue weighted by Gasteiger charge is 2.10. The van der Waals surface area contributed by atoms with E-state index in [1.54, 1.807) is 19.1 Å². The molecule has 0 saturated heterocycles. The third kappa shape index (κ3) is 1.97. The van der Waals surface area contributed by atoms with E-state index < -0.39 is 5.91 Å². The Bertz CT molecular complexity index is 509. The molecule has 0 aliphatic rings. The molecule has 0 aliphatic heterocycles. The van der Waals surface area contributed by atoms with Crippen LogP contribution in [0.2, 0.25) is 0 Å². The highest BCUT2D eigenvalue weighted by atomic mass is 16.3. The lowest BCUT2D eigenvalue weighted by atomic mass is 10.2. The Morgan fingerprint density at radius 2 is 2.31 bits per heavy atom. The number of benzene rings is 1. The minimum atomic E-state index is -0.459. The van der Waals surface area contributed by atoms with Gasteiger partial charge in [0, 0.05) is 5.69 Å². The number of rotatable bonds is 2. The normalized spacial score (nSPS) is 10.1. The van der Waals surface area contributed by atoms with Gasteiger partial charge in [-0.1, -0.05) is 0 Å². The van der Waals surface area contributed by atoms with Crippen LogP contribution in [0.4, 0.5) is 5.69 Å². The molecule has 1 amide bonds. The monoisotopic (exact) mass is 219 g/mol. The number of aryl methyl sites for hydroxylation is 1. The molecule has 1 aromatic heterocycles. The number of carbonyl (C=O) groups is 1. The zero-order valence-corrected chi connectivity index (χ0v) is 8.43. The Hall–Kier alpha value is -2.44. The van der Waals surface area contributed by atoms with E-state index in [1.165, 1.54) is 6.07 Å². The van der Waals surface area contributed by atoms with Gasteiger partial charge in [0.1, 0.15) is 5.75 Å². The lowest BCUT2D eigenvalue weighted by Gasteiger charge is -2.04. The van der Waals surface area contributed by atoms with Crippen LogP contribution in [0.1, 0.15) is 16.2 Å². The average molecular weight is 219 g/mol. The predicted octanol–water partition coefficient (Wildman–Crippen LogP) is 0.466. The van der Waals surface area contributed by atoms with Gasteiger partial charge in [-0.15, -0.1) is 10.2 Å². The fourth-order valence-electron chi connectivity index (χ4n) is 1.18. The van der Waals surface area contributed by atoms with E-state index in [0.717, 1.165) is 0 Å². The number of hydrogen-bond donors (Lipinski definition) is 3. The summed E-state index contributed by atoms with van der Waals surface area (Å²) in [7, 11) is 0. The maximum atomic E-state index is 11.5. The summed E-state index contributed by atoms with van der Waals surface area (Å²) in [5.74, 6) is -0.317. The molecule has 7 heteroatoms. The quantitative estimate of drug-likeness (QED) is 0.637. The van der Waals surface area contributed by atoms with Crippen LogP contribution >= 0.6 is 0 Å². The van der Waals surface area contributed by atoms with Gasteiger partial charge in [-0.25, -0.2) is 0 Å². The molecule has 0 spiro atoms. The number of tetrazole rings is 1. The first kappa shape index (κ1) is 10.1. The Kier molecular flexibility index (Phi) is 2.50. The van der Waals surface area contributed by atoms with Crippen LogP contribution in [0.3, 0.4) is 0 Å². The summed E-state index contributed by atoms with van der Waals surface area (Å²) in [6.07, 6.45) is 0. The molecule has 0 unspecified atom stereocenters. The largest absolute Gasteiger partial charge is 0.508 e. The molecule has 82 valence electrons. The first-order chi connectivity index (χ1) is 7.66. The minimum Gasteiger partial charge on any atom is -0.508 e. The van der Waals surface area contributed by atoms with Crippen molar-refractivity contribution in [1.82, 2.24) is 20.6 Å². The Balaban J connectivity index is 2.15. The number of phenolic OH excluding ortho intramolecular Hbond substituents is 1. The second kappa shape index (κ2) is 3.97. The fourth-order valence-corrected chi connectivity index (χ4v) is 1.18. The summed E-state index contributed by atoms with van der Waals surface area (Å²) in [5, 5.41) is 24.4. The number of nitrogens with zero attached hydrogens (tertiary/aromatic N) is 3. The topological polar surface area (TPSA) is 104 Å². The molecule has 0 radical (unpaired) electrons. The van der Waals surface area contributed by atoms with Gasteiger partial charge in [-0.05, 0) is 35.9 Å². The van der Waals surface area contributed by atoms with Gasteiger partial charge in [0.05, 0.1) is 0 Å². The van der Waals surface area contributed by atoms with Crippen molar-refractivity contribution in [2.24, 2.45) is 0 Å². The molecule has 1 aromatic carbocycles. The molecule has 16 heavy (non-hydrogen) atoms. The summed E-state index contributed by atoms with van der Waals surface area (Å²) >= 11 is 0. The molecule has 0 bridgehead atoms. The van der Waals surface area contributed by atoms with Gasteiger partial charge in [0.2, 0.25) is 0 Å². The fraction of sp³-hybridized carbons (Fsp3) is 0.111. The number of phenols is 1. The lowest BCUT2D eigenvalue weighted by molar-refractivity contribution is 0.101. The van der Waals surface area contributed by atoms with Crippen molar-refractivity contribution in [2.45, 2.75) is 6.92 Å². The molecule has 3 N–H and O–H groups in total. The molecule has 0 aliphatic carbocycles. The highest BCUT2D eigenvalue weighted by Crippen LogP contribution is 2.20. The lowest BCUT2D eigenvalue weighted by Crippen LogP contribution is -2.13. The van der Waals surface area contributed by atoms with E-state index in [0.29, 0.717) is 11.3 Å². The van der Waals surface area contributed by atoms with Crippen LogP contribution in [-0.4, -0.2) is 31.6 Å². The molecule has 1 heterocycles. The number of amides is 1. The summed E-state index contributed by atoms with van der Waals surface area (Å²) in [6, 6.07) is 4.73. The zero-order chi connectivity index (χ0) is 11.5. The van der Waals surface area contributed by atoms with Crippen molar-refractivity contribution < 1.29 is 9.90 Å². The van der Waals surface area contributed by atoms with Crippen molar-refractivity contribution in [3.05, 3.63) is 29.6 Å². The van der Waals surface area contributed by atoms with Crippen LogP contribution in [0.25, 0.3) is 0 Å². The van der Waals surface area contributed by atoms with Crippen LogP contribution in [0.15, 0.2) is 18.2 Å². The third-order valence-electron chi connectivity index (χ3n) is 2.00. The van der Waals surface area contributed by atoms with E-state index in [-0.39, 0.29) is 11.6 Å². The SMILES string of the molecule is Cc1cc(NC(=O)c2nn[nH]n2)ccc1O. The van der Waals surface area contributed by atoms with Gasteiger partial charge in [0.15, 0.2) is 0 Å². The predicted molar refractivity (Wildman–Crippen MR) is 55.0 cm³/mol. The summed E-state index contributed by atoms with van der Waals surface area (Å²) in [6.45, 7) is 1.74. The summed E-state index contributed by atoms with van der Waals surface area (Å²) < 4.78 is 0. The highest BCUT2D eigenvalue weighted by molar-refractivity contribution is 6.01. The first-order valence-electron chi connectivity index (χ1n) is 4.51. The number of carbonyl (C=O) groups excluding carboxylic acids is 1. The van der Waals surface area contributed by atoms with Crippen molar-refractivity contribution in [2.75, 3.05) is 5.32 Å². The van der Waals surface area contributed by atoms with E-state index >= 15 is 0 Å². The third-order valence-corrected chi connectivity index (χ3v) is 2.00. The standard InChI is InChI=1S/C9H9N5O2/c1-5-4-6(2-3-7(5)15)10-9(16)8-11-13-14-12-8/h2-4,15H,1H3,(H,10,16)(H,11,12,13,14). The second-order valence-corrected chi connectivity index (χ2v) is 3.19. The molecule has 0 fully saturated rings. The number of anilines is 1. The van der Waals surface area contributed by atoms with Gasteiger partial charge < -0.3 is 10.4 Å². The van der Waals surface area contributed by atoms with Crippen molar-refractivity contribution >= 4 is 11.6 Å². The van der Waals surface area contributed by atoms with Crippen LogP contribution < -0.4 is 5.32 Å². The van der Waals surface area contributed by atoms with Gasteiger partial charge in [-0.2, -0.15) is 5.21 Å². The Labute approximate surface area is 90.5 Å². The van der Waals surface area contributed by atoms with E-state index in [9.17, 15) is 9.90 Å². The second-order valence-electron chi connectivity index (χ2n) is 3.19. The molecule has 0 saturated carbocycles. The molecule has 7 nitrogen and oxygen atoms in total. The molecular weight excluding hydrogens is 210 g/mol. The Morgan fingerprint density at radius 1 is 1.50 bits per heavy atom. The minimum absolute atomic E-state index is 0.0364. The summed E-state index contributed by atoms with van der Waals surface area (Å²) in [4.78, 5) is 11.5. The van der Waals surface area contributed by atoms with Crippen molar-refractivity contribution in [3.8, 4) is 5.75 Å². The van der Waals surface area contributed by atoms with Crippen LogP contribution in [-0.2, 0) is 0 Å². The zero-order valence-electron chi connectivity index (χ0n) is 8.43. The number of aromatic nitrogens is 4. The number of aromatic amines is 1. The molecule has 0 atom stereocenters. The summed E-state index contributed by atoms with van der Waals surface area (Å²) in [5.41, 5.74) is 1.23. The maximum absolute atomic E-state index is 11.5. The molecule has 2 aromatic rings. The number of H-pyrrole nitrogens is 1. The van der Waals surface area contributed by atoms with Crippen molar-refractivity contribution in [1.29, 1.82) is 0 Å².